The second-order valence-corrected chi connectivity index (χ2v) is 5.07. The van der Waals surface area contributed by atoms with Crippen LogP contribution < -0.4 is 10.1 Å². The normalized spacial score (nSPS) is 16.7. The molecule has 0 fully saturated rings. The molecule has 0 saturated heterocycles. The molecule has 0 bridgehead atoms. The van der Waals surface area contributed by atoms with Crippen LogP contribution in [0.5, 0.6) is 5.75 Å². The maximum Gasteiger partial charge on any atom is 0.234 e. The molecular formula is C17H22N2O2. The van der Waals surface area contributed by atoms with Gasteiger partial charge in [-0.2, -0.15) is 0 Å². The summed E-state index contributed by atoms with van der Waals surface area (Å²) in [6.45, 7) is 9.74. The van der Waals surface area contributed by atoms with Gasteiger partial charge in [-0.1, -0.05) is 30.4 Å². The van der Waals surface area contributed by atoms with Crippen LogP contribution in [-0.4, -0.2) is 37.0 Å². The summed E-state index contributed by atoms with van der Waals surface area (Å²) < 4.78 is 5.61. The number of nitrogens with one attached hydrogen (secondary N) is 1. The third kappa shape index (κ3) is 4.20. The highest BCUT2D eigenvalue weighted by atomic mass is 16.5. The van der Waals surface area contributed by atoms with E-state index in [0.717, 1.165) is 17.7 Å². The van der Waals surface area contributed by atoms with Crippen molar-refractivity contribution >= 4 is 5.91 Å². The maximum atomic E-state index is 12.2. The number of para-hydroxylation sites is 1. The Hall–Kier alpha value is -2.07. The van der Waals surface area contributed by atoms with Gasteiger partial charge in [0.15, 0.2) is 0 Å². The minimum atomic E-state index is 0.0143. The van der Waals surface area contributed by atoms with Crippen LogP contribution in [0.15, 0.2) is 49.6 Å². The quantitative estimate of drug-likeness (QED) is 0.782. The zero-order chi connectivity index (χ0) is 15.1. The Bertz CT molecular complexity index is 503. The van der Waals surface area contributed by atoms with Crippen LogP contribution >= 0.6 is 0 Å². The lowest BCUT2D eigenvalue weighted by atomic mass is 10.0. The van der Waals surface area contributed by atoms with Crippen molar-refractivity contribution in [3.05, 3.63) is 55.1 Å². The molecule has 1 aromatic carbocycles. The summed E-state index contributed by atoms with van der Waals surface area (Å²) in [6, 6.07) is 7.88. The second-order valence-electron chi connectivity index (χ2n) is 5.07. The lowest BCUT2D eigenvalue weighted by molar-refractivity contribution is -0.123. The topological polar surface area (TPSA) is 41.6 Å². The molecule has 2 rings (SSSR count). The molecule has 0 aliphatic carbocycles. The van der Waals surface area contributed by atoms with E-state index in [9.17, 15) is 4.79 Å². The Morgan fingerprint density at radius 2 is 2.05 bits per heavy atom. The first-order chi connectivity index (χ1) is 10.2. The van der Waals surface area contributed by atoms with E-state index in [1.807, 2.05) is 29.2 Å². The predicted molar refractivity (Wildman–Crippen MR) is 84.3 cm³/mol. The summed E-state index contributed by atoms with van der Waals surface area (Å²) in [4.78, 5) is 14.2. The molecule has 1 aromatic rings. The van der Waals surface area contributed by atoms with Crippen molar-refractivity contribution in [3.63, 3.8) is 0 Å². The van der Waals surface area contributed by atoms with Crippen molar-refractivity contribution in [1.82, 2.24) is 10.2 Å². The van der Waals surface area contributed by atoms with Crippen molar-refractivity contribution in [2.75, 3.05) is 26.2 Å². The third-order valence-electron chi connectivity index (χ3n) is 3.44. The van der Waals surface area contributed by atoms with E-state index in [1.54, 1.807) is 12.2 Å². The minimum Gasteiger partial charge on any atom is -0.493 e. The van der Waals surface area contributed by atoms with E-state index in [1.165, 1.54) is 0 Å². The number of carbonyl (C=O) groups is 1. The molecular weight excluding hydrogens is 264 g/mol. The number of fused-ring (bicyclic) bond motifs is 1. The number of hydrogen-bond acceptors (Lipinski definition) is 3. The number of hydrogen-bond donors (Lipinski definition) is 1. The van der Waals surface area contributed by atoms with Crippen LogP contribution in [0, 0.1) is 0 Å². The van der Waals surface area contributed by atoms with Gasteiger partial charge in [-0.3, -0.25) is 9.69 Å². The Labute approximate surface area is 126 Å². The number of benzene rings is 1. The summed E-state index contributed by atoms with van der Waals surface area (Å²) in [5, 5.41) is 3.09. The fourth-order valence-corrected chi connectivity index (χ4v) is 2.50. The summed E-state index contributed by atoms with van der Waals surface area (Å²) in [6.07, 6.45) is 4.38. The van der Waals surface area contributed by atoms with Crippen LogP contribution in [0.2, 0.25) is 0 Å². The van der Waals surface area contributed by atoms with Crippen LogP contribution in [0.25, 0.3) is 0 Å². The molecule has 1 aliphatic rings. The smallest absolute Gasteiger partial charge is 0.234 e. The van der Waals surface area contributed by atoms with Crippen molar-refractivity contribution in [2.45, 2.75) is 12.5 Å². The average molecular weight is 286 g/mol. The fourth-order valence-electron chi connectivity index (χ4n) is 2.50. The lowest BCUT2D eigenvalue weighted by Crippen LogP contribution is -2.40. The van der Waals surface area contributed by atoms with E-state index >= 15 is 0 Å². The van der Waals surface area contributed by atoms with Gasteiger partial charge in [-0.15, -0.1) is 13.2 Å². The summed E-state index contributed by atoms with van der Waals surface area (Å²) in [5.74, 6) is 0.878. The zero-order valence-electron chi connectivity index (χ0n) is 12.3. The summed E-state index contributed by atoms with van der Waals surface area (Å²) in [5.41, 5.74) is 1.05. The van der Waals surface area contributed by atoms with Gasteiger partial charge in [-0.25, -0.2) is 0 Å². The number of rotatable bonds is 7. The highest BCUT2D eigenvalue weighted by Gasteiger charge is 2.22. The molecule has 21 heavy (non-hydrogen) atoms. The second kappa shape index (κ2) is 7.64. The SMILES string of the molecule is C=CCN(CC=C)CC(=O)NC1CCOc2ccccc21. The van der Waals surface area contributed by atoms with Gasteiger partial charge in [0.1, 0.15) is 5.75 Å². The Kier molecular flexibility index (Phi) is 5.58. The predicted octanol–water partition coefficient (Wildman–Crippen LogP) is 2.30. The number of ether oxygens (including phenoxy) is 1. The molecule has 1 unspecified atom stereocenters. The molecule has 1 atom stereocenters. The summed E-state index contributed by atoms with van der Waals surface area (Å²) in [7, 11) is 0. The molecule has 1 heterocycles. The molecule has 0 saturated carbocycles. The van der Waals surface area contributed by atoms with Crippen molar-refractivity contribution < 1.29 is 9.53 Å². The maximum absolute atomic E-state index is 12.2. The lowest BCUT2D eigenvalue weighted by Gasteiger charge is -2.27. The van der Waals surface area contributed by atoms with Gasteiger partial charge in [0.2, 0.25) is 5.91 Å². The van der Waals surface area contributed by atoms with E-state index in [4.69, 9.17) is 4.74 Å². The monoisotopic (exact) mass is 286 g/mol. The highest BCUT2D eigenvalue weighted by molar-refractivity contribution is 5.78. The Morgan fingerprint density at radius 1 is 1.33 bits per heavy atom. The summed E-state index contributed by atoms with van der Waals surface area (Å²) >= 11 is 0. The number of amides is 1. The minimum absolute atomic E-state index is 0.0143. The van der Waals surface area contributed by atoms with E-state index in [0.29, 0.717) is 26.2 Å². The van der Waals surface area contributed by atoms with Crippen LogP contribution in [0.4, 0.5) is 0 Å². The van der Waals surface area contributed by atoms with Gasteiger partial charge in [0.05, 0.1) is 19.2 Å². The van der Waals surface area contributed by atoms with Gasteiger partial charge in [0, 0.05) is 25.1 Å². The molecule has 4 nitrogen and oxygen atoms in total. The molecule has 1 amide bonds. The first kappa shape index (κ1) is 15.3. The average Bonchev–Trinajstić information content (AvgIpc) is 2.48. The van der Waals surface area contributed by atoms with E-state index in [-0.39, 0.29) is 11.9 Å². The number of nitrogens with zero attached hydrogens (tertiary/aromatic N) is 1. The third-order valence-corrected chi connectivity index (χ3v) is 3.44. The van der Waals surface area contributed by atoms with E-state index < -0.39 is 0 Å². The van der Waals surface area contributed by atoms with E-state index in [2.05, 4.69) is 18.5 Å². The van der Waals surface area contributed by atoms with Crippen molar-refractivity contribution in [3.8, 4) is 5.75 Å². The fraction of sp³-hybridized carbons (Fsp3) is 0.353. The van der Waals surface area contributed by atoms with Gasteiger partial charge >= 0.3 is 0 Å². The van der Waals surface area contributed by atoms with Crippen LogP contribution in [0.1, 0.15) is 18.0 Å². The molecule has 4 heteroatoms. The van der Waals surface area contributed by atoms with Crippen molar-refractivity contribution in [1.29, 1.82) is 0 Å². The van der Waals surface area contributed by atoms with Crippen LogP contribution in [0.3, 0.4) is 0 Å². The Morgan fingerprint density at radius 3 is 2.76 bits per heavy atom. The molecule has 112 valence electrons. The first-order valence-electron chi connectivity index (χ1n) is 7.20. The zero-order valence-corrected chi connectivity index (χ0v) is 12.3. The van der Waals surface area contributed by atoms with Gasteiger partial charge in [-0.05, 0) is 6.07 Å². The van der Waals surface area contributed by atoms with Gasteiger partial charge in [0.25, 0.3) is 0 Å². The molecule has 1 N–H and O–H groups in total. The number of carbonyl (C=O) groups excluding carboxylic acids is 1. The van der Waals surface area contributed by atoms with Gasteiger partial charge < -0.3 is 10.1 Å². The Balaban J connectivity index is 1.97. The molecule has 1 aliphatic heterocycles. The molecule has 0 radical (unpaired) electrons. The standard InChI is InChI=1S/C17H22N2O2/c1-3-10-19(11-4-2)13-17(20)18-15-9-12-21-16-8-6-5-7-14(15)16/h3-8,15H,1-2,9-13H2,(H,18,20). The first-order valence-corrected chi connectivity index (χ1v) is 7.20. The molecule has 0 spiro atoms. The van der Waals surface area contributed by atoms with Crippen molar-refractivity contribution in [2.24, 2.45) is 0 Å². The largest absolute Gasteiger partial charge is 0.493 e. The van der Waals surface area contributed by atoms with Crippen LogP contribution in [-0.2, 0) is 4.79 Å². The molecule has 0 aromatic heterocycles. The highest BCUT2D eigenvalue weighted by Crippen LogP contribution is 2.31.